The van der Waals surface area contributed by atoms with Gasteiger partial charge in [-0.15, -0.1) is 0 Å². The molecule has 2 N–H and O–H groups in total. The minimum absolute atomic E-state index is 0.0218. The zero-order valence-electron chi connectivity index (χ0n) is 24.1. The predicted octanol–water partition coefficient (Wildman–Crippen LogP) is 1.94. The van der Waals surface area contributed by atoms with Crippen molar-refractivity contribution in [2.24, 2.45) is 0 Å². The standard InChI is InChI=1S/C30H30N2O10/c1-8-11(2)30(39)42-10-16-17-14(22(33)12(3)27(40-6)25(17)36)9-15-20-18-19(23(34)13(4)28(41-7)26(18)37)24(35)21(31(20)5)29(38)32(15)16/h8-9,16,20-21,34,37H,10H2,1-7H3/t16-,20-,21-/m0/s1. The fourth-order valence-corrected chi connectivity index (χ4v) is 6.18. The lowest BCUT2D eigenvalue weighted by atomic mass is 9.75. The van der Waals surface area contributed by atoms with Gasteiger partial charge in [0.05, 0.1) is 25.8 Å². The smallest absolute Gasteiger partial charge is 0.333 e. The minimum atomic E-state index is -1.45. The second-order valence-electron chi connectivity index (χ2n) is 10.5. The van der Waals surface area contributed by atoms with Crippen molar-refractivity contribution in [1.29, 1.82) is 0 Å². The Morgan fingerprint density at radius 3 is 2.29 bits per heavy atom. The van der Waals surface area contributed by atoms with Gasteiger partial charge in [0, 0.05) is 39.1 Å². The molecule has 3 aliphatic heterocycles. The third-order valence-corrected chi connectivity index (χ3v) is 8.42. The summed E-state index contributed by atoms with van der Waals surface area (Å²) in [7, 11) is 4.05. The zero-order chi connectivity index (χ0) is 30.9. The molecule has 1 saturated heterocycles. The Balaban J connectivity index is 1.79. The molecule has 2 bridgehead atoms. The topological polar surface area (TPSA) is 160 Å². The van der Waals surface area contributed by atoms with E-state index in [-0.39, 0.29) is 56.2 Å². The van der Waals surface area contributed by atoms with Crippen molar-refractivity contribution in [1.82, 2.24) is 9.80 Å². The summed E-state index contributed by atoms with van der Waals surface area (Å²) >= 11 is 0. The van der Waals surface area contributed by atoms with Gasteiger partial charge in [-0.25, -0.2) is 4.79 Å². The van der Waals surface area contributed by atoms with Crippen LogP contribution >= 0.6 is 0 Å². The molecule has 1 aromatic carbocycles. The van der Waals surface area contributed by atoms with Crippen LogP contribution in [0, 0.1) is 6.92 Å². The molecule has 0 spiro atoms. The first-order valence-corrected chi connectivity index (χ1v) is 13.1. The molecule has 1 fully saturated rings. The number of rotatable bonds is 5. The number of carbonyl (C=O) groups excluding carboxylic acids is 5. The van der Waals surface area contributed by atoms with Crippen LogP contribution < -0.4 is 4.74 Å². The van der Waals surface area contributed by atoms with Gasteiger partial charge in [-0.3, -0.25) is 24.1 Å². The first-order chi connectivity index (χ1) is 19.8. The first kappa shape index (κ1) is 28.8. The Morgan fingerprint density at radius 2 is 1.69 bits per heavy atom. The Hall–Kier alpha value is -4.71. The number of carbonyl (C=O) groups is 5. The quantitative estimate of drug-likeness (QED) is 0.173. The number of piperazine rings is 1. The van der Waals surface area contributed by atoms with Gasteiger partial charge < -0.3 is 29.3 Å². The van der Waals surface area contributed by atoms with Gasteiger partial charge in [0.1, 0.15) is 18.4 Å². The summed E-state index contributed by atoms with van der Waals surface area (Å²) in [6.45, 7) is 5.58. The number of likely N-dealkylation sites (N-methyl/N-ethyl adjacent to an activating group) is 1. The van der Waals surface area contributed by atoms with Gasteiger partial charge in [0.25, 0.3) is 5.91 Å². The van der Waals surface area contributed by atoms with E-state index in [0.717, 1.165) is 0 Å². The summed E-state index contributed by atoms with van der Waals surface area (Å²) in [6.07, 6.45) is 2.91. The summed E-state index contributed by atoms with van der Waals surface area (Å²) in [5.74, 6) is -4.56. The molecular weight excluding hydrogens is 548 g/mol. The number of fused-ring (bicyclic) bond motifs is 6. The molecule has 42 heavy (non-hydrogen) atoms. The lowest BCUT2D eigenvalue weighted by Crippen LogP contribution is -2.65. The molecule has 0 radical (unpaired) electrons. The minimum Gasteiger partial charge on any atom is -0.507 e. The second kappa shape index (κ2) is 9.98. The number of aromatic hydroxyl groups is 2. The molecule has 0 saturated carbocycles. The van der Waals surface area contributed by atoms with Gasteiger partial charge in [-0.05, 0) is 40.8 Å². The number of ketones is 3. The molecular formula is C30H30N2O10. The molecule has 1 amide bonds. The fourth-order valence-electron chi connectivity index (χ4n) is 6.18. The van der Waals surface area contributed by atoms with E-state index in [1.807, 2.05) is 0 Å². The maximum atomic E-state index is 14.2. The van der Waals surface area contributed by atoms with Crippen LogP contribution in [-0.4, -0.2) is 89.2 Å². The molecule has 5 rings (SSSR count). The predicted molar refractivity (Wildman–Crippen MR) is 146 cm³/mol. The molecule has 220 valence electrons. The number of ether oxygens (including phenoxy) is 3. The highest BCUT2D eigenvalue weighted by atomic mass is 16.5. The zero-order valence-corrected chi connectivity index (χ0v) is 24.1. The SMILES string of the molecule is CC=C(C)C(=O)OC[C@H]1C2=C(C=C3[C@H]4c5c(O)c(OC)c(C)c(O)c5C(=O)[C@@H](C(=O)N31)N4C)C(=O)C(C)=C(OC)C2=O. The Kier molecular flexibility index (Phi) is 6.85. The lowest BCUT2D eigenvalue weighted by Gasteiger charge is -2.52. The van der Waals surface area contributed by atoms with E-state index < -0.39 is 65.5 Å². The number of hydrogen-bond donors (Lipinski definition) is 2. The van der Waals surface area contributed by atoms with Gasteiger partial charge >= 0.3 is 5.97 Å². The lowest BCUT2D eigenvalue weighted by molar-refractivity contribution is -0.147. The fraction of sp³-hybridized carbons (Fsp3) is 0.367. The van der Waals surface area contributed by atoms with Gasteiger partial charge in [0.15, 0.2) is 34.9 Å². The highest BCUT2D eigenvalue weighted by Crippen LogP contribution is 2.55. The van der Waals surface area contributed by atoms with Gasteiger partial charge in [-0.2, -0.15) is 0 Å². The highest BCUT2D eigenvalue weighted by molar-refractivity contribution is 6.27. The largest absolute Gasteiger partial charge is 0.507 e. The Bertz CT molecular complexity index is 1640. The number of Topliss-reactive ketones (excluding diaryl/α,β-unsaturated/α-hetero) is 3. The molecule has 3 atom stereocenters. The van der Waals surface area contributed by atoms with E-state index in [2.05, 4.69) is 0 Å². The Morgan fingerprint density at radius 1 is 1.02 bits per heavy atom. The summed E-state index contributed by atoms with van der Waals surface area (Å²) in [5.41, 5.74) is 0.186. The van der Waals surface area contributed by atoms with Crippen LogP contribution in [0.4, 0.5) is 0 Å². The summed E-state index contributed by atoms with van der Waals surface area (Å²) in [4.78, 5) is 70.5. The van der Waals surface area contributed by atoms with Crippen LogP contribution in [0.25, 0.3) is 0 Å². The van der Waals surface area contributed by atoms with Crippen molar-refractivity contribution >= 4 is 29.2 Å². The molecule has 1 aromatic rings. The average Bonchev–Trinajstić information content (AvgIpc) is 2.96. The number of methoxy groups -OCH3 is 2. The number of phenols is 2. The number of esters is 1. The number of hydrogen-bond acceptors (Lipinski definition) is 11. The van der Waals surface area contributed by atoms with Crippen LogP contribution in [0.1, 0.15) is 48.3 Å². The third kappa shape index (κ3) is 3.67. The number of phenolic OH excluding ortho intramolecular Hbond substituents is 2. The van der Waals surface area contributed by atoms with Crippen molar-refractivity contribution in [2.45, 2.75) is 45.8 Å². The molecule has 3 heterocycles. The van der Waals surface area contributed by atoms with Gasteiger partial charge in [0.2, 0.25) is 5.78 Å². The monoisotopic (exact) mass is 578 g/mol. The molecule has 12 heteroatoms. The molecule has 0 aromatic heterocycles. The summed E-state index contributed by atoms with van der Waals surface area (Å²) in [6, 6.07) is -3.79. The molecule has 4 aliphatic rings. The third-order valence-electron chi connectivity index (χ3n) is 8.42. The van der Waals surface area contributed by atoms with E-state index >= 15 is 0 Å². The van der Waals surface area contributed by atoms with E-state index in [0.29, 0.717) is 0 Å². The number of amides is 1. The van der Waals surface area contributed by atoms with Crippen LogP contribution in [0.3, 0.4) is 0 Å². The first-order valence-electron chi connectivity index (χ1n) is 13.1. The van der Waals surface area contributed by atoms with Crippen molar-refractivity contribution < 1.29 is 48.4 Å². The van der Waals surface area contributed by atoms with E-state index in [1.165, 1.54) is 64.0 Å². The molecule has 0 unspecified atom stereocenters. The normalized spacial score (nSPS) is 23.9. The average molecular weight is 579 g/mol. The highest BCUT2D eigenvalue weighted by Gasteiger charge is 2.58. The van der Waals surface area contributed by atoms with Crippen LogP contribution in [-0.2, 0) is 28.7 Å². The number of nitrogens with zero attached hydrogens (tertiary/aromatic N) is 2. The second-order valence-corrected chi connectivity index (χ2v) is 10.5. The van der Waals surface area contributed by atoms with Crippen molar-refractivity contribution in [2.75, 3.05) is 27.9 Å². The van der Waals surface area contributed by atoms with E-state index in [9.17, 15) is 34.2 Å². The van der Waals surface area contributed by atoms with Crippen LogP contribution in [0.15, 0.2) is 45.9 Å². The number of benzene rings is 1. The van der Waals surface area contributed by atoms with Crippen molar-refractivity contribution in [3.63, 3.8) is 0 Å². The van der Waals surface area contributed by atoms with Crippen LogP contribution in [0.2, 0.25) is 0 Å². The van der Waals surface area contributed by atoms with Gasteiger partial charge in [-0.1, -0.05) is 6.08 Å². The van der Waals surface area contributed by atoms with E-state index in [1.54, 1.807) is 6.92 Å². The summed E-state index contributed by atoms with van der Waals surface area (Å²) in [5, 5.41) is 22.4. The summed E-state index contributed by atoms with van der Waals surface area (Å²) < 4.78 is 16.1. The van der Waals surface area contributed by atoms with Crippen molar-refractivity contribution in [3.8, 4) is 17.2 Å². The molecule has 1 aliphatic carbocycles. The Labute approximate surface area is 241 Å². The number of allylic oxidation sites excluding steroid dienone is 5. The van der Waals surface area contributed by atoms with Crippen LogP contribution in [0.5, 0.6) is 17.2 Å². The maximum Gasteiger partial charge on any atom is 0.333 e. The van der Waals surface area contributed by atoms with Crippen molar-refractivity contribution in [3.05, 3.63) is 62.6 Å². The molecule has 12 nitrogen and oxygen atoms in total. The van der Waals surface area contributed by atoms with E-state index in [4.69, 9.17) is 14.2 Å². The maximum absolute atomic E-state index is 14.2.